The number of aliphatic hydroxyl groups excluding tert-OH is 1. The number of hydrogen-bond donors (Lipinski definition) is 1. The molecule has 1 heterocycles. The quantitative estimate of drug-likeness (QED) is 0.507. The van der Waals surface area contributed by atoms with E-state index in [2.05, 4.69) is 0 Å². The maximum atomic E-state index is 11.2. The van der Waals surface area contributed by atoms with Crippen molar-refractivity contribution >= 4 is 34.0 Å². The van der Waals surface area contributed by atoms with E-state index in [4.69, 9.17) is 12.2 Å². The molecule has 0 spiro atoms. The van der Waals surface area contributed by atoms with E-state index >= 15 is 0 Å². The molecule has 1 fully saturated rings. The first-order valence-electron chi connectivity index (χ1n) is 7.49. The van der Waals surface area contributed by atoms with Crippen LogP contribution in [0.25, 0.3) is 0 Å². The highest BCUT2D eigenvalue weighted by Gasteiger charge is 2.34. The van der Waals surface area contributed by atoms with Gasteiger partial charge in [0, 0.05) is 29.8 Å². The monoisotopic (exact) mass is 360 g/mol. The van der Waals surface area contributed by atoms with E-state index in [0.29, 0.717) is 22.8 Å². The Morgan fingerprint density at radius 2 is 1.88 bits per heavy atom. The molecule has 0 saturated carbocycles. The van der Waals surface area contributed by atoms with Crippen LogP contribution in [0.3, 0.4) is 0 Å². The highest BCUT2D eigenvalue weighted by atomic mass is 32.2. The molecule has 7 heteroatoms. The van der Waals surface area contributed by atoms with Gasteiger partial charge >= 0.3 is 0 Å². The molecule has 2 atom stereocenters. The maximum absolute atomic E-state index is 11.2. The predicted molar refractivity (Wildman–Crippen MR) is 98.6 cm³/mol. The summed E-state index contributed by atoms with van der Waals surface area (Å²) in [4.78, 5) is 12.6. The molecule has 2 unspecified atom stereocenters. The Morgan fingerprint density at radius 3 is 2.54 bits per heavy atom. The number of para-hydroxylation sites is 1. The molecule has 5 nitrogen and oxygen atoms in total. The van der Waals surface area contributed by atoms with Crippen LogP contribution in [0.15, 0.2) is 54.6 Å². The second-order valence-corrected chi connectivity index (χ2v) is 7.35. The summed E-state index contributed by atoms with van der Waals surface area (Å²) in [5.41, 5.74) is 1.73. The van der Waals surface area contributed by atoms with Gasteiger partial charge in [-0.05, 0) is 5.56 Å². The van der Waals surface area contributed by atoms with Crippen LogP contribution in [0.4, 0.5) is 5.69 Å². The summed E-state index contributed by atoms with van der Waals surface area (Å²) in [5.74, 6) is 0. The normalized spacial score (nSPS) is 20.9. The maximum Gasteiger partial charge on any atom is 0.273 e. The summed E-state index contributed by atoms with van der Waals surface area (Å²) in [5, 5.41) is 21.5. The van der Waals surface area contributed by atoms with Crippen LogP contribution in [-0.4, -0.2) is 25.5 Å². The van der Waals surface area contributed by atoms with Gasteiger partial charge in [0.15, 0.2) is 0 Å². The van der Waals surface area contributed by atoms with E-state index in [0.717, 1.165) is 5.56 Å². The molecular weight excluding hydrogens is 344 g/mol. The topological polar surface area (TPSA) is 66.6 Å². The van der Waals surface area contributed by atoms with Crippen molar-refractivity contribution in [3.05, 3.63) is 75.8 Å². The summed E-state index contributed by atoms with van der Waals surface area (Å²) < 4.78 is 0.556. The van der Waals surface area contributed by atoms with Gasteiger partial charge in [0.05, 0.1) is 4.92 Å². The largest absolute Gasteiger partial charge is 0.374 e. The molecule has 1 N–H and O–H groups in total. The first-order valence-corrected chi connectivity index (χ1v) is 8.77. The average Bonchev–Trinajstić information content (AvgIpc) is 2.59. The van der Waals surface area contributed by atoms with E-state index in [1.807, 2.05) is 30.3 Å². The van der Waals surface area contributed by atoms with E-state index in [1.54, 1.807) is 23.1 Å². The van der Waals surface area contributed by atoms with Crippen molar-refractivity contribution in [1.82, 2.24) is 4.90 Å². The first kappa shape index (κ1) is 16.9. The minimum absolute atomic E-state index is 0.0708. The average molecular weight is 360 g/mol. The fourth-order valence-electron chi connectivity index (χ4n) is 2.74. The highest BCUT2D eigenvalue weighted by Crippen LogP contribution is 2.43. The van der Waals surface area contributed by atoms with Crippen molar-refractivity contribution in [2.75, 3.05) is 0 Å². The van der Waals surface area contributed by atoms with Crippen LogP contribution in [0, 0.1) is 10.1 Å². The van der Waals surface area contributed by atoms with Crippen LogP contribution in [-0.2, 0) is 6.54 Å². The van der Waals surface area contributed by atoms with Crippen molar-refractivity contribution in [2.45, 2.75) is 24.4 Å². The lowest BCUT2D eigenvalue weighted by atomic mass is 10.1. The number of thiocarbonyl (C=S) groups is 1. The number of nitro benzene ring substituents is 1. The van der Waals surface area contributed by atoms with Gasteiger partial charge in [0.2, 0.25) is 0 Å². The summed E-state index contributed by atoms with van der Waals surface area (Å²) in [6.45, 7) is 0.525. The minimum atomic E-state index is -0.760. The third kappa shape index (κ3) is 3.58. The number of nitrogens with zero attached hydrogens (tertiary/aromatic N) is 2. The van der Waals surface area contributed by atoms with E-state index < -0.39 is 6.23 Å². The van der Waals surface area contributed by atoms with Crippen molar-refractivity contribution in [2.24, 2.45) is 0 Å². The molecule has 0 bridgehead atoms. The number of aliphatic hydroxyl groups is 1. The Labute approximate surface area is 149 Å². The SMILES string of the molecule is O=[N+]([O-])c1ccccc1C1CC(O)N(Cc2ccccc2)C(=S)S1. The summed E-state index contributed by atoms with van der Waals surface area (Å²) >= 11 is 6.84. The van der Waals surface area contributed by atoms with Crippen LogP contribution in [0.1, 0.15) is 22.8 Å². The lowest BCUT2D eigenvalue weighted by Gasteiger charge is -2.37. The molecule has 24 heavy (non-hydrogen) atoms. The van der Waals surface area contributed by atoms with E-state index in [-0.39, 0.29) is 15.9 Å². The van der Waals surface area contributed by atoms with Gasteiger partial charge < -0.3 is 10.0 Å². The zero-order valence-corrected chi connectivity index (χ0v) is 14.4. The smallest absolute Gasteiger partial charge is 0.273 e. The number of benzene rings is 2. The summed E-state index contributed by atoms with van der Waals surface area (Å²) in [6.07, 6.45) is -0.369. The lowest BCUT2D eigenvalue weighted by molar-refractivity contribution is -0.385. The third-order valence-corrected chi connectivity index (χ3v) is 5.63. The third-order valence-electron chi connectivity index (χ3n) is 3.94. The fourth-order valence-corrected chi connectivity index (χ4v) is 4.44. The number of thioether (sulfide) groups is 1. The highest BCUT2D eigenvalue weighted by molar-refractivity contribution is 8.23. The molecule has 1 aliphatic rings. The Bertz CT molecular complexity index is 755. The zero-order chi connectivity index (χ0) is 17.1. The molecule has 0 aromatic heterocycles. The van der Waals surface area contributed by atoms with E-state index in [1.165, 1.54) is 17.8 Å². The Hall–Kier alpha value is -1.96. The van der Waals surface area contributed by atoms with Gasteiger partial charge in [-0.1, -0.05) is 72.5 Å². The van der Waals surface area contributed by atoms with Crippen LogP contribution in [0.5, 0.6) is 0 Å². The Kier molecular flexibility index (Phi) is 5.13. The first-order chi connectivity index (χ1) is 11.6. The van der Waals surface area contributed by atoms with Gasteiger partial charge in [0.1, 0.15) is 10.5 Å². The van der Waals surface area contributed by atoms with Gasteiger partial charge in [-0.2, -0.15) is 0 Å². The molecule has 1 aliphatic heterocycles. The Morgan fingerprint density at radius 1 is 1.21 bits per heavy atom. The van der Waals surface area contributed by atoms with Gasteiger partial charge in [0.25, 0.3) is 5.69 Å². The lowest BCUT2D eigenvalue weighted by Crippen LogP contribution is -2.42. The standard InChI is InChI=1S/C17H16N2O3S2/c20-16-10-15(13-8-4-5-9-14(13)19(21)22)24-17(23)18(16)11-12-6-2-1-3-7-12/h1-9,15-16,20H,10-11H2. The van der Waals surface area contributed by atoms with Gasteiger partial charge in [-0.25, -0.2) is 0 Å². The molecule has 2 aromatic rings. The van der Waals surface area contributed by atoms with Crippen LogP contribution < -0.4 is 0 Å². The number of rotatable bonds is 4. The van der Waals surface area contributed by atoms with Gasteiger partial charge in [-0.15, -0.1) is 0 Å². The summed E-state index contributed by atoms with van der Waals surface area (Å²) in [6, 6.07) is 16.4. The molecular formula is C17H16N2O3S2. The number of nitro groups is 1. The molecule has 1 saturated heterocycles. The Balaban J connectivity index is 1.79. The van der Waals surface area contributed by atoms with Crippen molar-refractivity contribution in [3.8, 4) is 0 Å². The van der Waals surface area contributed by atoms with Crippen molar-refractivity contribution in [1.29, 1.82) is 0 Å². The summed E-state index contributed by atoms with van der Waals surface area (Å²) in [7, 11) is 0. The minimum Gasteiger partial charge on any atom is -0.374 e. The second kappa shape index (κ2) is 7.29. The van der Waals surface area contributed by atoms with E-state index in [9.17, 15) is 15.2 Å². The molecule has 0 radical (unpaired) electrons. The fraction of sp³-hybridized carbons (Fsp3) is 0.235. The second-order valence-electron chi connectivity index (χ2n) is 5.52. The molecule has 3 rings (SSSR count). The van der Waals surface area contributed by atoms with Gasteiger partial charge in [-0.3, -0.25) is 10.1 Å². The number of hydrogen-bond acceptors (Lipinski definition) is 5. The van der Waals surface area contributed by atoms with Crippen molar-refractivity contribution < 1.29 is 10.0 Å². The molecule has 2 aromatic carbocycles. The van der Waals surface area contributed by atoms with Crippen molar-refractivity contribution in [3.63, 3.8) is 0 Å². The molecule has 0 aliphatic carbocycles. The molecule has 124 valence electrons. The van der Waals surface area contributed by atoms with Crippen LogP contribution in [0.2, 0.25) is 0 Å². The zero-order valence-electron chi connectivity index (χ0n) is 12.7. The molecule has 0 amide bonds. The predicted octanol–water partition coefficient (Wildman–Crippen LogP) is 3.88. The van der Waals surface area contributed by atoms with Crippen LogP contribution >= 0.6 is 24.0 Å².